The molecule has 0 saturated heterocycles. The standard InChI is InChI=1S/C60H116O6/c1-4-7-10-13-15-17-19-20-21-22-23-24-25-26-27-28-29-30-31-32-33-34-35-36-37-38-39-41-42-44-47-50-53-59(62)65-56-57(55-64-58(61)52-49-46-12-9-6-3)66-60(63)54-51-48-45-43-40-18-16-14-11-8-5-2/h57H,4-56H2,1-3H3. The van der Waals surface area contributed by atoms with Crippen molar-refractivity contribution in [2.24, 2.45) is 0 Å². The Kier molecular flexibility index (Phi) is 54.7. The molecule has 66 heavy (non-hydrogen) atoms. The fourth-order valence-electron chi connectivity index (χ4n) is 9.33. The van der Waals surface area contributed by atoms with Crippen LogP contribution in [-0.4, -0.2) is 37.2 Å². The Morgan fingerprint density at radius 2 is 0.409 bits per heavy atom. The Morgan fingerprint density at radius 1 is 0.242 bits per heavy atom. The maximum atomic E-state index is 12.7. The average molecular weight is 934 g/mol. The van der Waals surface area contributed by atoms with E-state index in [4.69, 9.17) is 14.2 Å². The van der Waals surface area contributed by atoms with E-state index in [1.807, 2.05) is 0 Å². The second-order valence-electron chi connectivity index (χ2n) is 20.6. The fourth-order valence-corrected chi connectivity index (χ4v) is 9.33. The molecule has 0 bridgehead atoms. The van der Waals surface area contributed by atoms with Gasteiger partial charge >= 0.3 is 17.9 Å². The molecule has 0 aliphatic carbocycles. The van der Waals surface area contributed by atoms with Crippen LogP contribution in [0.5, 0.6) is 0 Å². The number of unbranched alkanes of at least 4 members (excludes halogenated alkanes) is 45. The summed E-state index contributed by atoms with van der Waals surface area (Å²) in [4.78, 5) is 37.6. The molecule has 1 unspecified atom stereocenters. The molecule has 0 radical (unpaired) electrons. The van der Waals surface area contributed by atoms with Crippen LogP contribution in [-0.2, 0) is 28.6 Å². The van der Waals surface area contributed by atoms with E-state index in [2.05, 4.69) is 20.8 Å². The third kappa shape index (κ3) is 53.4. The summed E-state index contributed by atoms with van der Waals surface area (Å²) in [6.45, 7) is 6.60. The zero-order valence-electron chi connectivity index (χ0n) is 45.0. The minimum Gasteiger partial charge on any atom is -0.462 e. The number of hydrogen-bond acceptors (Lipinski definition) is 6. The number of esters is 3. The molecule has 0 aliphatic heterocycles. The molecule has 0 aromatic rings. The fraction of sp³-hybridized carbons (Fsp3) is 0.950. The summed E-state index contributed by atoms with van der Waals surface area (Å²) in [6, 6.07) is 0. The van der Waals surface area contributed by atoms with Crippen molar-refractivity contribution in [1.29, 1.82) is 0 Å². The van der Waals surface area contributed by atoms with Crippen LogP contribution in [0.25, 0.3) is 0 Å². The third-order valence-electron chi connectivity index (χ3n) is 13.9. The lowest BCUT2D eigenvalue weighted by Gasteiger charge is -2.18. The summed E-state index contributed by atoms with van der Waals surface area (Å²) in [5.41, 5.74) is 0. The first-order chi connectivity index (χ1) is 32.5. The van der Waals surface area contributed by atoms with E-state index in [0.29, 0.717) is 19.3 Å². The van der Waals surface area contributed by atoms with E-state index in [0.717, 1.165) is 64.2 Å². The lowest BCUT2D eigenvalue weighted by atomic mass is 10.0. The zero-order valence-corrected chi connectivity index (χ0v) is 45.0. The summed E-state index contributed by atoms with van der Waals surface area (Å²) >= 11 is 0. The number of hydrogen-bond donors (Lipinski definition) is 0. The molecule has 0 aliphatic rings. The molecule has 0 heterocycles. The zero-order chi connectivity index (χ0) is 47.9. The molecule has 6 heteroatoms. The second kappa shape index (κ2) is 56.0. The van der Waals surface area contributed by atoms with E-state index in [1.54, 1.807) is 0 Å². The minimum absolute atomic E-state index is 0.0633. The lowest BCUT2D eigenvalue weighted by Crippen LogP contribution is -2.30. The van der Waals surface area contributed by atoms with Gasteiger partial charge in [-0.1, -0.05) is 310 Å². The van der Waals surface area contributed by atoms with Gasteiger partial charge in [-0.25, -0.2) is 0 Å². The van der Waals surface area contributed by atoms with Crippen LogP contribution in [0.4, 0.5) is 0 Å². The van der Waals surface area contributed by atoms with Crippen LogP contribution in [0, 0.1) is 0 Å². The van der Waals surface area contributed by atoms with Gasteiger partial charge in [0.05, 0.1) is 0 Å². The van der Waals surface area contributed by atoms with Crippen molar-refractivity contribution in [2.45, 2.75) is 354 Å². The Hall–Kier alpha value is -1.59. The van der Waals surface area contributed by atoms with E-state index in [-0.39, 0.29) is 31.1 Å². The number of rotatable bonds is 56. The van der Waals surface area contributed by atoms with Crippen molar-refractivity contribution in [3.63, 3.8) is 0 Å². The summed E-state index contributed by atoms with van der Waals surface area (Å²) in [5, 5.41) is 0. The smallest absolute Gasteiger partial charge is 0.306 e. The van der Waals surface area contributed by atoms with Gasteiger partial charge in [0.25, 0.3) is 0 Å². The molecule has 0 aromatic heterocycles. The molecular formula is C60H116O6. The van der Waals surface area contributed by atoms with Gasteiger partial charge in [0.2, 0.25) is 0 Å². The number of carbonyl (C=O) groups excluding carboxylic acids is 3. The van der Waals surface area contributed by atoms with Crippen LogP contribution in [0.15, 0.2) is 0 Å². The Bertz CT molecular complexity index is 982. The van der Waals surface area contributed by atoms with Crippen molar-refractivity contribution in [1.82, 2.24) is 0 Å². The highest BCUT2D eigenvalue weighted by atomic mass is 16.6. The molecule has 6 nitrogen and oxygen atoms in total. The summed E-state index contributed by atoms with van der Waals surface area (Å²) in [6.07, 6.45) is 63.3. The van der Waals surface area contributed by atoms with Gasteiger partial charge < -0.3 is 14.2 Å². The van der Waals surface area contributed by atoms with Crippen molar-refractivity contribution in [3.8, 4) is 0 Å². The maximum absolute atomic E-state index is 12.7. The molecule has 1 atom stereocenters. The topological polar surface area (TPSA) is 78.9 Å². The SMILES string of the molecule is CCCCCCCCCCCCCCCCCCCCCCCCCCCCCCCCCCC(=O)OCC(COC(=O)CCCCCCC)OC(=O)CCCCCCCCCCCCC. The Balaban J connectivity index is 3.80. The van der Waals surface area contributed by atoms with Crippen LogP contribution < -0.4 is 0 Å². The van der Waals surface area contributed by atoms with Gasteiger partial charge in [0, 0.05) is 19.3 Å². The van der Waals surface area contributed by atoms with Gasteiger partial charge in [-0.15, -0.1) is 0 Å². The highest BCUT2D eigenvalue weighted by Gasteiger charge is 2.19. The highest BCUT2D eigenvalue weighted by Crippen LogP contribution is 2.18. The predicted octanol–water partition coefficient (Wildman–Crippen LogP) is 19.9. The Labute approximate surface area is 412 Å². The quantitative estimate of drug-likeness (QED) is 0.0343. The molecule has 0 fully saturated rings. The minimum atomic E-state index is -0.758. The maximum Gasteiger partial charge on any atom is 0.306 e. The monoisotopic (exact) mass is 933 g/mol. The first-order valence-corrected chi connectivity index (χ1v) is 30.0. The number of carbonyl (C=O) groups is 3. The molecule has 392 valence electrons. The predicted molar refractivity (Wildman–Crippen MR) is 284 cm³/mol. The van der Waals surface area contributed by atoms with Crippen LogP contribution in [0.2, 0.25) is 0 Å². The first-order valence-electron chi connectivity index (χ1n) is 30.0. The van der Waals surface area contributed by atoms with Crippen molar-refractivity contribution in [3.05, 3.63) is 0 Å². The van der Waals surface area contributed by atoms with Crippen molar-refractivity contribution >= 4 is 17.9 Å². The van der Waals surface area contributed by atoms with Gasteiger partial charge in [0.1, 0.15) is 13.2 Å². The first kappa shape index (κ1) is 64.4. The summed E-state index contributed by atoms with van der Waals surface area (Å²) in [5.74, 6) is -0.858. The summed E-state index contributed by atoms with van der Waals surface area (Å²) < 4.78 is 16.7. The van der Waals surface area contributed by atoms with Crippen LogP contribution in [0.1, 0.15) is 348 Å². The number of ether oxygens (including phenoxy) is 3. The average Bonchev–Trinajstić information content (AvgIpc) is 3.31. The van der Waals surface area contributed by atoms with Gasteiger partial charge in [0.15, 0.2) is 6.10 Å². The molecule has 0 amide bonds. The molecule has 0 spiro atoms. The largest absolute Gasteiger partial charge is 0.462 e. The van der Waals surface area contributed by atoms with E-state index < -0.39 is 6.10 Å². The van der Waals surface area contributed by atoms with Gasteiger partial charge in [-0.3, -0.25) is 14.4 Å². The van der Waals surface area contributed by atoms with Crippen molar-refractivity contribution < 1.29 is 28.6 Å². The van der Waals surface area contributed by atoms with Gasteiger partial charge in [-0.2, -0.15) is 0 Å². The van der Waals surface area contributed by atoms with Crippen LogP contribution >= 0.6 is 0 Å². The van der Waals surface area contributed by atoms with Gasteiger partial charge in [-0.05, 0) is 19.3 Å². The lowest BCUT2D eigenvalue weighted by molar-refractivity contribution is -0.167. The summed E-state index contributed by atoms with van der Waals surface area (Å²) in [7, 11) is 0. The van der Waals surface area contributed by atoms with E-state index in [9.17, 15) is 14.4 Å². The third-order valence-corrected chi connectivity index (χ3v) is 13.9. The normalized spacial score (nSPS) is 11.9. The highest BCUT2D eigenvalue weighted by molar-refractivity contribution is 5.71. The molecule has 0 aromatic carbocycles. The molecule has 0 N–H and O–H groups in total. The van der Waals surface area contributed by atoms with Crippen molar-refractivity contribution in [2.75, 3.05) is 13.2 Å². The van der Waals surface area contributed by atoms with E-state index >= 15 is 0 Å². The van der Waals surface area contributed by atoms with E-state index in [1.165, 1.54) is 244 Å². The molecule has 0 saturated carbocycles. The Morgan fingerprint density at radius 3 is 0.606 bits per heavy atom. The van der Waals surface area contributed by atoms with Crippen LogP contribution in [0.3, 0.4) is 0 Å². The second-order valence-corrected chi connectivity index (χ2v) is 20.6. The molecule has 0 rings (SSSR count). The molecular weight excluding hydrogens is 817 g/mol.